The predicted octanol–water partition coefficient (Wildman–Crippen LogP) is 2.32. The van der Waals surface area contributed by atoms with Crippen LogP contribution in [0.5, 0.6) is 0 Å². The molecule has 1 N–H and O–H groups in total. The van der Waals surface area contributed by atoms with E-state index in [9.17, 15) is 14.7 Å². The molecule has 0 radical (unpaired) electrons. The molecule has 2 aliphatic heterocycles. The third-order valence-corrected chi connectivity index (χ3v) is 5.89. The zero-order valence-electron chi connectivity index (χ0n) is 12.3. The van der Waals surface area contributed by atoms with Crippen LogP contribution in [-0.2, 0) is 9.53 Å². The highest BCUT2D eigenvalue weighted by Gasteiger charge is 2.55. The third-order valence-electron chi connectivity index (χ3n) is 4.84. The predicted molar refractivity (Wildman–Crippen MR) is 83.8 cm³/mol. The molecular formula is C16H18BrNO4. The van der Waals surface area contributed by atoms with Gasteiger partial charge in [0.1, 0.15) is 0 Å². The molecule has 1 aromatic carbocycles. The fourth-order valence-electron chi connectivity index (χ4n) is 3.44. The van der Waals surface area contributed by atoms with Crippen molar-refractivity contribution in [1.82, 2.24) is 4.90 Å². The Bertz CT molecular complexity index is 633. The lowest BCUT2D eigenvalue weighted by Crippen LogP contribution is -2.45. The van der Waals surface area contributed by atoms with Gasteiger partial charge >= 0.3 is 5.97 Å². The van der Waals surface area contributed by atoms with Crippen LogP contribution in [0.15, 0.2) is 22.7 Å². The number of carboxylic acids is 1. The fourth-order valence-corrected chi connectivity index (χ4v) is 3.87. The zero-order chi connectivity index (χ0) is 15.9. The summed E-state index contributed by atoms with van der Waals surface area (Å²) in [6.07, 6.45) is 0.464. The number of aryl methyl sites for hydroxylation is 1. The highest BCUT2D eigenvalue weighted by atomic mass is 79.9. The van der Waals surface area contributed by atoms with Crippen LogP contribution in [0.3, 0.4) is 0 Å². The van der Waals surface area contributed by atoms with Gasteiger partial charge < -0.3 is 14.7 Å². The van der Waals surface area contributed by atoms with Gasteiger partial charge in [-0.1, -0.05) is 12.1 Å². The summed E-state index contributed by atoms with van der Waals surface area (Å²) in [5.74, 6) is -1.07. The molecule has 0 aromatic heterocycles. The molecule has 2 saturated heterocycles. The van der Waals surface area contributed by atoms with Crippen molar-refractivity contribution in [3.05, 3.63) is 33.8 Å². The van der Waals surface area contributed by atoms with Gasteiger partial charge in [-0.3, -0.25) is 9.59 Å². The van der Waals surface area contributed by atoms with E-state index in [0.717, 1.165) is 10.0 Å². The van der Waals surface area contributed by atoms with Gasteiger partial charge in [-0.05, 0) is 40.9 Å². The number of benzene rings is 1. The molecule has 2 heterocycles. The molecule has 0 bridgehead atoms. The Labute approximate surface area is 137 Å². The number of ether oxygens (including phenoxy) is 1. The summed E-state index contributed by atoms with van der Waals surface area (Å²) in [5.41, 5.74) is 0.711. The molecule has 2 fully saturated rings. The Balaban J connectivity index is 1.89. The molecule has 118 valence electrons. The minimum atomic E-state index is -0.857. The van der Waals surface area contributed by atoms with E-state index in [1.807, 2.05) is 19.1 Å². The number of hydrogen-bond donors (Lipinski definition) is 1. The Hall–Kier alpha value is -1.40. The first-order chi connectivity index (χ1) is 10.5. The molecule has 1 aromatic rings. The average molecular weight is 368 g/mol. The molecule has 0 unspecified atom stereocenters. The molecule has 1 amide bonds. The summed E-state index contributed by atoms with van der Waals surface area (Å²) < 4.78 is 6.20. The van der Waals surface area contributed by atoms with E-state index >= 15 is 0 Å². The third kappa shape index (κ3) is 2.34. The standard InChI is InChI=1S/C16H18BrNO4/c1-10-3-2-4-12(13(10)17)14(19)18-7-11-8-22-6-5-16(11,9-18)15(20)21/h2-4,11H,5-9H2,1H3,(H,20,21)/t11-,16+/m0/s1. The van der Waals surface area contributed by atoms with Gasteiger partial charge in [0.15, 0.2) is 0 Å². The number of aliphatic carboxylic acids is 1. The molecule has 22 heavy (non-hydrogen) atoms. The summed E-state index contributed by atoms with van der Waals surface area (Å²) in [6.45, 7) is 3.47. The van der Waals surface area contributed by atoms with Crippen molar-refractivity contribution in [1.29, 1.82) is 0 Å². The smallest absolute Gasteiger partial charge is 0.311 e. The number of likely N-dealkylation sites (tertiary alicyclic amines) is 1. The molecule has 2 aliphatic rings. The minimum absolute atomic E-state index is 0.120. The molecule has 6 heteroatoms. The number of fused-ring (bicyclic) bond motifs is 1. The Kier molecular flexibility index (Phi) is 3.99. The van der Waals surface area contributed by atoms with E-state index in [2.05, 4.69) is 15.9 Å². The zero-order valence-corrected chi connectivity index (χ0v) is 13.9. The first-order valence-electron chi connectivity index (χ1n) is 7.31. The number of hydrogen-bond acceptors (Lipinski definition) is 3. The van der Waals surface area contributed by atoms with E-state index in [1.54, 1.807) is 11.0 Å². The Morgan fingerprint density at radius 2 is 2.23 bits per heavy atom. The topological polar surface area (TPSA) is 66.8 Å². The van der Waals surface area contributed by atoms with E-state index < -0.39 is 11.4 Å². The molecule has 0 spiro atoms. The number of amides is 1. The maximum atomic E-state index is 12.8. The van der Waals surface area contributed by atoms with Crippen molar-refractivity contribution >= 4 is 27.8 Å². The van der Waals surface area contributed by atoms with Crippen LogP contribution in [-0.4, -0.2) is 48.2 Å². The lowest BCUT2D eigenvalue weighted by Gasteiger charge is -2.33. The number of carboxylic acid groups (broad SMARTS) is 1. The van der Waals surface area contributed by atoms with Gasteiger partial charge in [0, 0.05) is 30.1 Å². The van der Waals surface area contributed by atoms with Crippen LogP contribution in [0.25, 0.3) is 0 Å². The van der Waals surface area contributed by atoms with Gasteiger partial charge in [0.25, 0.3) is 5.91 Å². The van der Waals surface area contributed by atoms with Crippen molar-refractivity contribution in [2.75, 3.05) is 26.3 Å². The van der Waals surface area contributed by atoms with E-state index in [-0.39, 0.29) is 18.4 Å². The lowest BCUT2D eigenvalue weighted by atomic mass is 9.74. The van der Waals surface area contributed by atoms with Crippen LogP contribution >= 0.6 is 15.9 Å². The second-order valence-corrected chi connectivity index (χ2v) is 6.90. The van der Waals surface area contributed by atoms with Crippen molar-refractivity contribution in [2.45, 2.75) is 13.3 Å². The van der Waals surface area contributed by atoms with Crippen LogP contribution in [0.1, 0.15) is 22.3 Å². The second kappa shape index (κ2) is 5.66. The molecule has 2 atom stereocenters. The van der Waals surface area contributed by atoms with Crippen LogP contribution in [0, 0.1) is 18.3 Å². The normalized spacial score (nSPS) is 27.5. The molecule has 3 rings (SSSR count). The van der Waals surface area contributed by atoms with E-state index in [0.29, 0.717) is 31.7 Å². The Morgan fingerprint density at radius 3 is 2.91 bits per heavy atom. The van der Waals surface area contributed by atoms with Crippen LogP contribution in [0.4, 0.5) is 0 Å². The maximum absolute atomic E-state index is 12.8. The molecule has 0 saturated carbocycles. The SMILES string of the molecule is Cc1cccc(C(=O)N2C[C@H]3COCC[C@@]3(C(=O)O)C2)c1Br. The van der Waals surface area contributed by atoms with E-state index in [1.165, 1.54) is 0 Å². The highest BCUT2D eigenvalue weighted by molar-refractivity contribution is 9.10. The first kappa shape index (κ1) is 15.5. The van der Waals surface area contributed by atoms with Gasteiger partial charge in [-0.25, -0.2) is 0 Å². The number of nitrogens with zero attached hydrogens (tertiary/aromatic N) is 1. The summed E-state index contributed by atoms with van der Waals surface area (Å²) >= 11 is 3.46. The second-order valence-electron chi connectivity index (χ2n) is 6.11. The molecule has 5 nitrogen and oxygen atoms in total. The van der Waals surface area contributed by atoms with E-state index in [4.69, 9.17) is 4.74 Å². The summed E-state index contributed by atoms with van der Waals surface area (Å²) in [4.78, 5) is 26.2. The van der Waals surface area contributed by atoms with Crippen LogP contribution < -0.4 is 0 Å². The average Bonchev–Trinajstić information content (AvgIpc) is 2.90. The summed E-state index contributed by atoms with van der Waals surface area (Å²) in [5, 5.41) is 9.67. The van der Waals surface area contributed by atoms with Gasteiger partial charge in [0.05, 0.1) is 17.6 Å². The van der Waals surface area contributed by atoms with Crippen molar-refractivity contribution in [3.63, 3.8) is 0 Å². The van der Waals surface area contributed by atoms with Crippen molar-refractivity contribution in [2.24, 2.45) is 11.3 Å². The largest absolute Gasteiger partial charge is 0.481 e. The number of carbonyl (C=O) groups is 2. The number of carbonyl (C=O) groups excluding carboxylic acids is 1. The summed E-state index contributed by atoms with van der Waals surface area (Å²) in [7, 11) is 0. The van der Waals surface area contributed by atoms with Gasteiger partial charge in [0.2, 0.25) is 0 Å². The maximum Gasteiger partial charge on any atom is 0.311 e. The fraction of sp³-hybridized carbons (Fsp3) is 0.500. The van der Waals surface area contributed by atoms with Crippen molar-refractivity contribution < 1.29 is 19.4 Å². The lowest BCUT2D eigenvalue weighted by molar-refractivity contribution is -0.157. The molecular weight excluding hydrogens is 350 g/mol. The van der Waals surface area contributed by atoms with Gasteiger partial charge in [-0.2, -0.15) is 0 Å². The highest BCUT2D eigenvalue weighted by Crippen LogP contribution is 2.43. The quantitative estimate of drug-likeness (QED) is 0.870. The van der Waals surface area contributed by atoms with Crippen LogP contribution in [0.2, 0.25) is 0 Å². The van der Waals surface area contributed by atoms with Gasteiger partial charge in [-0.15, -0.1) is 0 Å². The summed E-state index contributed by atoms with van der Waals surface area (Å²) in [6, 6.07) is 5.54. The Morgan fingerprint density at radius 1 is 1.45 bits per heavy atom. The first-order valence-corrected chi connectivity index (χ1v) is 8.10. The molecule has 0 aliphatic carbocycles. The number of rotatable bonds is 2. The number of halogens is 1. The minimum Gasteiger partial charge on any atom is -0.481 e. The monoisotopic (exact) mass is 367 g/mol. The van der Waals surface area contributed by atoms with Crippen molar-refractivity contribution in [3.8, 4) is 0 Å².